The van der Waals surface area contributed by atoms with Gasteiger partial charge in [0, 0.05) is 6.04 Å². The van der Waals surface area contributed by atoms with Crippen molar-refractivity contribution < 1.29 is 9.90 Å². The van der Waals surface area contributed by atoms with E-state index in [-0.39, 0.29) is 0 Å². The maximum Gasteiger partial charge on any atom is 0.325 e. The summed E-state index contributed by atoms with van der Waals surface area (Å²) < 4.78 is 0. The van der Waals surface area contributed by atoms with Crippen LogP contribution in [-0.4, -0.2) is 29.1 Å². The van der Waals surface area contributed by atoms with E-state index < -0.39 is 12.0 Å². The van der Waals surface area contributed by atoms with Crippen molar-refractivity contribution >= 4 is 5.97 Å². The van der Waals surface area contributed by atoms with Crippen LogP contribution >= 0.6 is 0 Å². The van der Waals surface area contributed by atoms with Crippen molar-refractivity contribution in [2.24, 2.45) is 0 Å². The van der Waals surface area contributed by atoms with Gasteiger partial charge in [0.1, 0.15) is 6.04 Å². The highest BCUT2D eigenvalue weighted by atomic mass is 16.4. The molecule has 0 aromatic heterocycles. The number of carbonyl (C=O) groups is 1. The summed E-state index contributed by atoms with van der Waals surface area (Å²) in [5.41, 5.74) is 0.870. The van der Waals surface area contributed by atoms with Gasteiger partial charge in [-0.2, -0.15) is 0 Å². The maximum atomic E-state index is 11.5. The van der Waals surface area contributed by atoms with Crippen molar-refractivity contribution in [2.75, 3.05) is 7.05 Å². The Balaban J connectivity index is 2.20. The lowest BCUT2D eigenvalue weighted by Crippen LogP contribution is -2.37. The molecule has 2 rings (SSSR count). The highest BCUT2D eigenvalue weighted by Crippen LogP contribution is 2.29. The minimum Gasteiger partial charge on any atom is -0.480 e. The second-order valence-corrected chi connectivity index (χ2v) is 4.76. The largest absolute Gasteiger partial charge is 0.480 e. The number of carboxylic acids is 1. The van der Waals surface area contributed by atoms with E-state index in [9.17, 15) is 9.90 Å². The van der Waals surface area contributed by atoms with E-state index in [0.717, 1.165) is 18.4 Å². The topological polar surface area (TPSA) is 40.5 Å². The number of nitrogens with zero attached hydrogens (tertiary/aromatic N) is 1. The summed E-state index contributed by atoms with van der Waals surface area (Å²) >= 11 is 0. The Morgan fingerprint density at radius 2 is 1.88 bits per heavy atom. The molecule has 0 unspecified atom stereocenters. The SMILES string of the molecule is CN(C1CCCC1)[C@H](C(=O)O)c1ccccc1. The van der Waals surface area contributed by atoms with E-state index in [2.05, 4.69) is 0 Å². The first kappa shape index (κ1) is 12.1. The van der Waals surface area contributed by atoms with Crippen LogP contribution in [0.25, 0.3) is 0 Å². The molecule has 0 heterocycles. The zero-order valence-electron chi connectivity index (χ0n) is 10.2. The van der Waals surface area contributed by atoms with Gasteiger partial charge in [-0.15, -0.1) is 0 Å². The normalized spacial score (nSPS) is 18.5. The fraction of sp³-hybridized carbons (Fsp3) is 0.500. The zero-order valence-corrected chi connectivity index (χ0v) is 10.2. The third kappa shape index (κ3) is 2.67. The maximum absolute atomic E-state index is 11.5. The van der Waals surface area contributed by atoms with Crippen molar-refractivity contribution in [1.29, 1.82) is 0 Å². The molecule has 1 N–H and O–H groups in total. The van der Waals surface area contributed by atoms with Crippen molar-refractivity contribution in [3.05, 3.63) is 35.9 Å². The lowest BCUT2D eigenvalue weighted by Gasteiger charge is -2.30. The summed E-state index contributed by atoms with van der Waals surface area (Å²) in [5, 5.41) is 9.42. The molecule has 3 heteroatoms. The highest BCUT2D eigenvalue weighted by molar-refractivity contribution is 5.75. The minimum atomic E-state index is -0.759. The van der Waals surface area contributed by atoms with Crippen molar-refractivity contribution in [3.8, 4) is 0 Å². The summed E-state index contributed by atoms with van der Waals surface area (Å²) in [6.07, 6.45) is 4.67. The Labute approximate surface area is 102 Å². The lowest BCUT2D eigenvalue weighted by atomic mass is 10.0. The molecule has 0 spiro atoms. The number of carboxylic acid groups (broad SMARTS) is 1. The molecular weight excluding hydrogens is 214 g/mol. The fourth-order valence-electron chi connectivity index (χ4n) is 2.71. The molecule has 0 bridgehead atoms. The van der Waals surface area contributed by atoms with Gasteiger partial charge >= 0.3 is 5.97 Å². The molecule has 0 amide bonds. The summed E-state index contributed by atoms with van der Waals surface area (Å²) in [6.45, 7) is 0. The third-order valence-electron chi connectivity index (χ3n) is 3.66. The van der Waals surface area contributed by atoms with Gasteiger partial charge in [0.2, 0.25) is 0 Å². The second-order valence-electron chi connectivity index (χ2n) is 4.76. The number of likely N-dealkylation sites (N-methyl/N-ethyl adjacent to an activating group) is 1. The summed E-state index contributed by atoms with van der Waals surface area (Å²) in [4.78, 5) is 13.5. The quantitative estimate of drug-likeness (QED) is 0.869. The zero-order chi connectivity index (χ0) is 12.3. The molecule has 1 aromatic rings. The fourth-order valence-corrected chi connectivity index (χ4v) is 2.71. The van der Waals surface area contributed by atoms with Gasteiger partial charge in [0.15, 0.2) is 0 Å². The molecule has 1 fully saturated rings. The van der Waals surface area contributed by atoms with Gasteiger partial charge in [0.25, 0.3) is 0 Å². The first-order valence-electron chi connectivity index (χ1n) is 6.20. The average Bonchev–Trinajstić information content (AvgIpc) is 2.83. The second kappa shape index (κ2) is 5.32. The van der Waals surface area contributed by atoms with Crippen LogP contribution in [0.1, 0.15) is 37.3 Å². The molecule has 0 radical (unpaired) electrons. The average molecular weight is 233 g/mol. The highest BCUT2D eigenvalue weighted by Gasteiger charge is 2.31. The van der Waals surface area contributed by atoms with E-state index in [1.54, 1.807) is 0 Å². The van der Waals surface area contributed by atoms with Crippen LogP contribution in [0.4, 0.5) is 0 Å². The minimum absolute atomic E-state index is 0.413. The third-order valence-corrected chi connectivity index (χ3v) is 3.66. The van der Waals surface area contributed by atoms with Crippen LogP contribution < -0.4 is 0 Å². The van der Waals surface area contributed by atoms with Crippen molar-refractivity contribution in [2.45, 2.75) is 37.8 Å². The molecule has 0 saturated heterocycles. The van der Waals surface area contributed by atoms with Gasteiger partial charge in [-0.3, -0.25) is 9.69 Å². The number of aliphatic carboxylic acids is 1. The van der Waals surface area contributed by atoms with Gasteiger partial charge in [-0.25, -0.2) is 0 Å². The predicted molar refractivity (Wildman–Crippen MR) is 66.8 cm³/mol. The van der Waals surface area contributed by atoms with Gasteiger partial charge in [-0.05, 0) is 25.5 Å². The standard InChI is InChI=1S/C14H19NO2/c1-15(12-9-5-6-10-12)13(14(16)17)11-7-3-2-4-8-11/h2-4,7-8,12-13H,5-6,9-10H2,1H3,(H,16,17)/t13-/m0/s1. The first-order valence-corrected chi connectivity index (χ1v) is 6.20. The predicted octanol–water partition coefficient (Wildman–Crippen LogP) is 2.69. The van der Waals surface area contributed by atoms with E-state index in [4.69, 9.17) is 0 Å². The Morgan fingerprint density at radius 3 is 2.41 bits per heavy atom. The summed E-state index contributed by atoms with van der Waals surface area (Å²) in [6, 6.07) is 9.39. The molecule has 1 aliphatic rings. The Hall–Kier alpha value is -1.35. The van der Waals surface area contributed by atoms with Crippen LogP contribution in [-0.2, 0) is 4.79 Å². The number of rotatable bonds is 4. The van der Waals surface area contributed by atoms with Crippen LogP contribution in [0, 0.1) is 0 Å². The van der Waals surface area contributed by atoms with Crippen LogP contribution in [0.2, 0.25) is 0 Å². The van der Waals surface area contributed by atoms with E-state index in [1.807, 2.05) is 42.3 Å². The molecule has 1 aromatic carbocycles. The molecule has 1 atom stereocenters. The van der Waals surface area contributed by atoms with Crippen LogP contribution in [0.5, 0.6) is 0 Å². The van der Waals surface area contributed by atoms with E-state index in [0.29, 0.717) is 6.04 Å². The first-order chi connectivity index (χ1) is 8.20. The van der Waals surface area contributed by atoms with Crippen molar-refractivity contribution in [3.63, 3.8) is 0 Å². The Bertz CT molecular complexity index is 371. The monoisotopic (exact) mass is 233 g/mol. The van der Waals surface area contributed by atoms with E-state index >= 15 is 0 Å². The van der Waals surface area contributed by atoms with Gasteiger partial charge in [-0.1, -0.05) is 43.2 Å². The Kier molecular flexibility index (Phi) is 3.79. The van der Waals surface area contributed by atoms with Crippen molar-refractivity contribution in [1.82, 2.24) is 4.90 Å². The number of hydrogen-bond acceptors (Lipinski definition) is 2. The number of hydrogen-bond donors (Lipinski definition) is 1. The van der Waals surface area contributed by atoms with Crippen LogP contribution in [0.15, 0.2) is 30.3 Å². The smallest absolute Gasteiger partial charge is 0.325 e. The molecule has 0 aliphatic heterocycles. The molecule has 1 saturated carbocycles. The Morgan fingerprint density at radius 1 is 1.29 bits per heavy atom. The van der Waals surface area contributed by atoms with E-state index in [1.165, 1.54) is 12.8 Å². The summed E-state index contributed by atoms with van der Waals surface area (Å²) in [7, 11) is 1.93. The molecule has 17 heavy (non-hydrogen) atoms. The number of benzene rings is 1. The summed E-state index contributed by atoms with van der Waals surface area (Å²) in [5.74, 6) is -0.759. The lowest BCUT2D eigenvalue weighted by molar-refractivity contribution is -0.144. The van der Waals surface area contributed by atoms with Gasteiger partial charge < -0.3 is 5.11 Å². The molecule has 1 aliphatic carbocycles. The molecular formula is C14H19NO2. The van der Waals surface area contributed by atoms with Crippen LogP contribution in [0.3, 0.4) is 0 Å². The van der Waals surface area contributed by atoms with Gasteiger partial charge in [0.05, 0.1) is 0 Å². The molecule has 3 nitrogen and oxygen atoms in total. The molecule has 92 valence electrons.